The van der Waals surface area contributed by atoms with Crippen LogP contribution in [0, 0.1) is 5.82 Å². The quantitative estimate of drug-likeness (QED) is 0.783. The van der Waals surface area contributed by atoms with Gasteiger partial charge in [0.05, 0.1) is 16.5 Å². The zero-order valence-corrected chi connectivity index (χ0v) is 14.2. The molecule has 0 bridgehead atoms. The highest BCUT2D eigenvalue weighted by Crippen LogP contribution is 2.19. The van der Waals surface area contributed by atoms with Gasteiger partial charge in [0.15, 0.2) is 0 Å². The molecular weight excluding hydrogens is 355 g/mol. The van der Waals surface area contributed by atoms with E-state index in [4.69, 9.17) is 11.6 Å². The summed E-state index contributed by atoms with van der Waals surface area (Å²) < 4.78 is 39.3. The van der Waals surface area contributed by atoms with Gasteiger partial charge in [-0.2, -0.15) is 0 Å². The summed E-state index contributed by atoms with van der Waals surface area (Å²) in [6, 6.07) is 12.6. The summed E-state index contributed by atoms with van der Waals surface area (Å²) in [5.74, 6) is -1.17. The third-order valence-corrected chi connectivity index (χ3v) is 4.89. The number of halogens is 2. The van der Waals surface area contributed by atoms with Gasteiger partial charge in [-0.25, -0.2) is 17.5 Å². The summed E-state index contributed by atoms with van der Waals surface area (Å²) >= 11 is 5.56. The molecule has 2 rings (SSSR count). The van der Waals surface area contributed by atoms with Crippen molar-refractivity contribution in [2.24, 2.45) is 0 Å². The highest BCUT2D eigenvalue weighted by Gasteiger charge is 2.17. The van der Waals surface area contributed by atoms with E-state index in [1.807, 2.05) is 30.3 Å². The van der Waals surface area contributed by atoms with Crippen LogP contribution in [0.15, 0.2) is 53.4 Å². The van der Waals surface area contributed by atoms with Crippen LogP contribution in [0.3, 0.4) is 0 Å². The van der Waals surface area contributed by atoms with E-state index in [-0.39, 0.29) is 9.92 Å². The lowest BCUT2D eigenvalue weighted by molar-refractivity contribution is -0.119. The predicted octanol–water partition coefficient (Wildman–Crippen LogP) is 2.12. The van der Waals surface area contributed by atoms with Gasteiger partial charge in [0.1, 0.15) is 5.82 Å². The van der Waals surface area contributed by atoms with Gasteiger partial charge in [0, 0.05) is 6.54 Å². The fraction of sp³-hybridized carbons (Fsp3) is 0.188. The molecule has 0 spiro atoms. The predicted molar refractivity (Wildman–Crippen MR) is 89.8 cm³/mol. The van der Waals surface area contributed by atoms with Crippen LogP contribution in [-0.2, 0) is 21.2 Å². The molecule has 0 saturated heterocycles. The van der Waals surface area contributed by atoms with Crippen molar-refractivity contribution in [3.63, 3.8) is 0 Å². The van der Waals surface area contributed by atoms with E-state index in [9.17, 15) is 17.6 Å². The van der Waals surface area contributed by atoms with Gasteiger partial charge < -0.3 is 5.32 Å². The van der Waals surface area contributed by atoms with Gasteiger partial charge >= 0.3 is 0 Å². The fourth-order valence-electron chi connectivity index (χ4n) is 1.94. The van der Waals surface area contributed by atoms with E-state index in [0.717, 1.165) is 23.8 Å². The van der Waals surface area contributed by atoms with E-state index >= 15 is 0 Å². The summed E-state index contributed by atoms with van der Waals surface area (Å²) in [7, 11) is -3.93. The highest BCUT2D eigenvalue weighted by molar-refractivity contribution is 7.89. The zero-order valence-electron chi connectivity index (χ0n) is 12.6. The van der Waals surface area contributed by atoms with Gasteiger partial charge in [0.2, 0.25) is 15.9 Å². The van der Waals surface area contributed by atoms with Crippen molar-refractivity contribution in [1.29, 1.82) is 0 Å². The van der Waals surface area contributed by atoms with Crippen LogP contribution in [0.1, 0.15) is 5.56 Å². The number of nitrogens with one attached hydrogen (secondary N) is 2. The Labute approximate surface area is 144 Å². The second kappa shape index (κ2) is 8.23. The van der Waals surface area contributed by atoms with Crippen molar-refractivity contribution >= 4 is 27.5 Å². The average molecular weight is 371 g/mol. The molecule has 0 unspecified atom stereocenters. The molecule has 0 saturated carbocycles. The molecule has 0 fully saturated rings. The number of hydrogen-bond acceptors (Lipinski definition) is 3. The van der Waals surface area contributed by atoms with Crippen molar-refractivity contribution in [3.8, 4) is 0 Å². The van der Waals surface area contributed by atoms with Gasteiger partial charge in [0.25, 0.3) is 0 Å². The average Bonchev–Trinajstić information content (AvgIpc) is 2.56. The Morgan fingerprint density at radius 3 is 2.50 bits per heavy atom. The number of benzene rings is 2. The lowest BCUT2D eigenvalue weighted by Crippen LogP contribution is -2.37. The SMILES string of the molecule is O=C(CNS(=O)(=O)c1ccc(F)c(Cl)c1)NCCc1ccccc1. The van der Waals surface area contributed by atoms with E-state index in [0.29, 0.717) is 13.0 Å². The van der Waals surface area contributed by atoms with Crippen molar-refractivity contribution in [1.82, 2.24) is 10.0 Å². The second-order valence-corrected chi connectivity index (χ2v) is 7.16. The molecule has 1 amide bonds. The van der Waals surface area contributed by atoms with Gasteiger partial charge in [-0.15, -0.1) is 0 Å². The number of rotatable bonds is 7. The highest BCUT2D eigenvalue weighted by atomic mass is 35.5. The van der Waals surface area contributed by atoms with Crippen LogP contribution in [0.5, 0.6) is 0 Å². The smallest absolute Gasteiger partial charge is 0.241 e. The second-order valence-electron chi connectivity index (χ2n) is 4.99. The topological polar surface area (TPSA) is 75.3 Å². The molecule has 0 aliphatic rings. The van der Waals surface area contributed by atoms with Crippen LogP contribution >= 0.6 is 11.6 Å². The van der Waals surface area contributed by atoms with E-state index in [1.54, 1.807) is 0 Å². The summed E-state index contributed by atoms with van der Waals surface area (Å²) in [6.45, 7) is -0.0148. The Hall–Kier alpha value is -1.96. The number of carbonyl (C=O) groups is 1. The van der Waals surface area contributed by atoms with E-state index < -0.39 is 28.3 Å². The lowest BCUT2D eigenvalue weighted by atomic mass is 10.1. The normalized spacial score (nSPS) is 11.2. The van der Waals surface area contributed by atoms with Crippen LogP contribution < -0.4 is 10.0 Å². The minimum absolute atomic E-state index is 0.203. The number of sulfonamides is 1. The summed E-state index contributed by atoms with van der Waals surface area (Å²) in [5.41, 5.74) is 1.07. The van der Waals surface area contributed by atoms with Crippen molar-refractivity contribution < 1.29 is 17.6 Å². The number of hydrogen-bond donors (Lipinski definition) is 2. The van der Waals surface area contributed by atoms with Crippen molar-refractivity contribution in [3.05, 3.63) is 64.9 Å². The third-order valence-electron chi connectivity index (χ3n) is 3.20. The Balaban J connectivity index is 1.83. The van der Waals surface area contributed by atoms with Gasteiger partial charge in [-0.1, -0.05) is 41.9 Å². The minimum Gasteiger partial charge on any atom is -0.355 e. The standard InChI is InChI=1S/C16H16ClFN2O3S/c17-14-10-13(6-7-15(14)18)24(22,23)20-11-16(21)19-9-8-12-4-2-1-3-5-12/h1-7,10,20H,8-9,11H2,(H,19,21). The Bertz CT molecular complexity index is 813. The molecule has 0 aliphatic carbocycles. The van der Waals surface area contributed by atoms with E-state index in [1.165, 1.54) is 0 Å². The minimum atomic E-state index is -3.93. The Morgan fingerprint density at radius 2 is 1.83 bits per heavy atom. The third kappa shape index (κ3) is 5.30. The molecule has 0 radical (unpaired) electrons. The molecule has 2 aromatic rings. The molecule has 2 N–H and O–H groups in total. The molecule has 0 heterocycles. The molecule has 0 aliphatic heterocycles. The van der Waals surface area contributed by atoms with Crippen LogP contribution in [0.4, 0.5) is 4.39 Å². The maximum absolute atomic E-state index is 13.1. The first-order valence-corrected chi connectivity index (χ1v) is 9.00. The zero-order chi connectivity index (χ0) is 17.6. The molecule has 5 nitrogen and oxygen atoms in total. The van der Waals surface area contributed by atoms with Crippen LogP contribution in [-0.4, -0.2) is 27.4 Å². The van der Waals surface area contributed by atoms with Crippen molar-refractivity contribution in [2.75, 3.05) is 13.1 Å². The molecule has 2 aromatic carbocycles. The van der Waals surface area contributed by atoms with Crippen molar-refractivity contribution in [2.45, 2.75) is 11.3 Å². The molecule has 0 atom stereocenters. The maximum atomic E-state index is 13.1. The Morgan fingerprint density at radius 1 is 1.12 bits per heavy atom. The van der Waals surface area contributed by atoms with Crippen LogP contribution in [0.25, 0.3) is 0 Å². The molecule has 128 valence electrons. The lowest BCUT2D eigenvalue weighted by Gasteiger charge is -2.08. The van der Waals surface area contributed by atoms with Gasteiger partial charge in [-0.3, -0.25) is 4.79 Å². The summed E-state index contributed by atoms with van der Waals surface area (Å²) in [4.78, 5) is 11.5. The summed E-state index contributed by atoms with van der Waals surface area (Å²) in [5, 5.41) is 2.32. The van der Waals surface area contributed by atoms with Gasteiger partial charge in [-0.05, 0) is 30.2 Å². The first kappa shape index (κ1) is 18.4. The molecule has 24 heavy (non-hydrogen) atoms. The van der Waals surface area contributed by atoms with E-state index in [2.05, 4.69) is 10.0 Å². The Kier molecular flexibility index (Phi) is 6.30. The summed E-state index contributed by atoms with van der Waals surface area (Å²) in [6.07, 6.45) is 0.646. The monoisotopic (exact) mass is 370 g/mol. The first-order valence-electron chi connectivity index (χ1n) is 7.14. The number of amides is 1. The first-order chi connectivity index (χ1) is 11.4. The maximum Gasteiger partial charge on any atom is 0.241 e. The molecular formula is C16H16ClFN2O3S. The molecule has 8 heteroatoms. The van der Waals surface area contributed by atoms with Crippen LogP contribution in [0.2, 0.25) is 5.02 Å². The molecule has 0 aromatic heterocycles. The number of carbonyl (C=O) groups excluding carboxylic acids is 1. The largest absolute Gasteiger partial charge is 0.355 e. The fourth-order valence-corrected chi connectivity index (χ4v) is 3.19.